The molecule has 0 aliphatic rings. The van der Waals surface area contributed by atoms with Crippen LogP contribution < -0.4 is 4.74 Å². The predicted molar refractivity (Wildman–Crippen MR) is 112 cm³/mol. The summed E-state index contributed by atoms with van der Waals surface area (Å²) in [4.78, 5) is 35.2. The Hall–Kier alpha value is -3.32. The lowest BCUT2D eigenvalue weighted by Gasteiger charge is -2.08. The van der Waals surface area contributed by atoms with Gasteiger partial charge in [0.25, 0.3) is 0 Å². The number of nitro groups is 1. The van der Waals surface area contributed by atoms with Crippen LogP contribution >= 0.6 is 15.9 Å². The molecule has 3 aromatic rings. The normalized spacial score (nSPS) is 10.4. The SMILES string of the molecule is CCC(=O)c1ccc(Oc2ccc(C(=O)c3ccc(Br)cc3)cc2[N+](=O)[O-])cc1. The molecule has 3 aromatic carbocycles. The molecule has 29 heavy (non-hydrogen) atoms. The summed E-state index contributed by atoms with van der Waals surface area (Å²) >= 11 is 3.30. The van der Waals surface area contributed by atoms with Crippen molar-refractivity contribution in [3.63, 3.8) is 0 Å². The zero-order chi connectivity index (χ0) is 21.0. The van der Waals surface area contributed by atoms with Gasteiger partial charge < -0.3 is 4.74 Å². The van der Waals surface area contributed by atoms with Crippen molar-refractivity contribution in [2.24, 2.45) is 0 Å². The Morgan fingerprint density at radius 3 is 2.10 bits per heavy atom. The van der Waals surface area contributed by atoms with Crippen LogP contribution in [0, 0.1) is 10.1 Å². The van der Waals surface area contributed by atoms with Gasteiger partial charge in [-0.3, -0.25) is 19.7 Å². The third kappa shape index (κ3) is 4.75. The molecule has 0 amide bonds. The molecule has 0 unspecified atom stereocenters. The van der Waals surface area contributed by atoms with E-state index in [4.69, 9.17) is 4.74 Å². The first-order chi connectivity index (χ1) is 13.9. The first-order valence-corrected chi connectivity index (χ1v) is 9.58. The van der Waals surface area contributed by atoms with Gasteiger partial charge in [0.2, 0.25) is 5.75 Å². The minimum Gasteiger partial charge on any atom is -0.450 e. The van der Waals surface area contributed by atoms with Gasteiger partial charge in [0.1, 0.15) is 5.75 Å². The molecule has 6 nitrogen and oxygen atoms in total. The second kappa shape index (κ2) is 8.79. The topological polar surface area (TPSA) is 86.5 Å². The average molecular weight is 454 g/mol. The molecule has 0 saturated heterocycles. The molecule has 146 valence electrons. The summed E-state index contributed by atoms with van der Waals surface area (Å²) in [6, 6.07) is 17.2. The number of ether oxygens (including phenoxy) is 1. The molecule has 0 bridgehead atoms. The van der Waals surface area contributed by atoms with Crippen LogP contribution in [0.1, 0.15) is 39.6 Å². The van der Waals surface area contributed by atoms with Crippen LogP contribution in [0.25, 0.3) is 0 Å². The number of ketones is 2. The third-order valence-electron chi connectivity index (χ3n) is 4.25. The summed E-state index contributed by atoms with van der Waals surface area (Å²) in [5.41, 5.74) is 0.842. The Kier molecular flexibility index (Phi) is 6.19. The number of carbonyl (C=O) groups is 2. The Morgan fingerprint density at radius 2 is 1.52 bits per heavy atom. The molecule has 0 N–H and O–H groups in total. The van der Waals surface area contributed by atoms with Gasteiger partial charge in [-0.15, -0.1) is 0 Å². The fourth-order valence-corrected chi connectivity index (χ4v) is 2.96. The van der Waals surface area contributed by atoms with Crippen molar-refractivity contribution in [1.29, 1.82) is 0 Å². The van der Waals surface area contributed by atoms with Crippen molar-refractivity contribution in [3.05, 3.63) is 98.0 Å². The van der Waals surface area contributed by atoms with Gasteiger partial charge >= 0.3 is 5.69 Å². The fourth-order valence-electron chi connectivity index (χ4n) is 2.70. The van der Waals surface area contributed by atoms with Crippen molar-refractivity contribution in [2.75, 3.05) is 0 Å². The molecule has 0 heterocycles. The van der Waals surface area contributed by atoms with E-state index in [2.05, 4.69) is 15.9 Å². The fraction of sp³-hybridized carbons (Fsp3) is 0.0909. The second-order valence-corrected chi connectivity index (χ2v) is 7.09. The van der Waals surface area contributed by atoms with E-state index in [0.29, 0.717) is 23.3 Å². The Balaban J connectivity index is 1.88. The van der Waals surface area contributed by atoms with Gasteiger partial charge in [0, 0.05) is 33.7 Å². The highest BCUT2D eigenvalue weighted by Crippen LogP contribution is 2.33. The van der Waals surface area contributed by atoms with Gasteiger partial charge in [-0.05, 0) is 60.7 Å². The molecule has 0 aromatic heterocycles. The summed E-state index contributed by atoms with van der Waals surface area (Å²) in [7, 11) is 0. The molecule has 0 saturated carbocycles. The standard InChI is InChI=1S/C22H16BrNO5/c1-2-20(25)14-5-10-18(11-6-14)29-21-12-7-16(13-19(21)24(27)28)22(26)15-3-8-17(23)9-4-15/h3-13H,2H2,1H3. The van der Waals surface area contributed by atoms with Crippen molar-refractivity contribution >= 4 is 33.2 Å². The second-order valence-electron chi connectivity index (χ2n) is 6.18. The van der Waals surface area contributed by atoms with Crippen LogP contribution in [0.15, 0.2) is 71.2 Å². The van der Waals surface area contributed by atoms with Gasteiger partial charge in [-0.25, -0.2) is 0 Å². The van der Waals surface area contributed by atoms with E-state index in [-0.39, 0.29) is 28.6 Å². The van der Waals surface area contributed by atoms with E-state index in [9.17, 15) is 19.7 Å². The number of nitro benzene ring substituents is 1. The van der Waals surface area contributed by atoms with Crippen molar-refractivity contribution in [3.8, 4) is 11.5 Å². The largest absolute Gasteiger partial charge is 0.450 e. The van der Waals surface area contributed by atoms with E-state index in [0.717, 1.165) is 4.47 Å². The van der Waals surface area contributed by atoms with Crippen LogP contribution in [0.3, 0.4) is 0 Å². The summed E-state index contributed by atoms with van der Waals surface area (Å²) in [5, 5.41) is 11.5. The van der Waals surface area contributed by atoms with Crippen molar-refractivity contribution in [1.82, 2.24) is 0 Å². The number of benzene rings is 3. The number of nitrogens with zero attached hydrogens (tertiary/aromatic N) is 1. The van der Waals surface area contributed by atoms with Gasteiger partial charge in [-0.2, -0.15) is 0 Å². The lowest BCUT2D eigenvalue weighted by Crippen LogP contribution is -2.03. The number of hydrogen-bond donors (Lipinski definition) is 0. The minimum absolute atomic E-state index is 0.00154. The van der Waals surface area contributed by atoms with E-state index in [1.165, 1.54) is 18.2 Å². The maximum Gasteiger partial charge on any atom is 0.312 e. The van der Waals surface area contributed by atoms with E-state index >= 15 is 0 Å². The summed E-state index contributed by atoms with van der Waals surface area (Å²) in [6.45, 7) is 1.77. The lowest BCUT2D eigenvalue weighted by molar-refractivity contribution is -0.385. The van der Waals surface area contributed by atoms with Crippen LogP contribution in [0.4, 0.5) is 5.69 Å². The number of carbonyl (C=O) groups excluding carboxylic acids is 2. The van der Waals surface area contributed by atoms with E-state index in [1.807, 2.05) is 0 Å². The maximum atomic E-state index is 12.6. The summed E-state index contributed by atoms with van der Waals surface area (Å²) in [6.07, 6.45) is 0.388. The lowest BCUT2D eigenvalue weighted by atomic mass is 10.0. The molecule has 0 atom stereocenters. The van der Waals surface area contributed by atoms with Crippen molar-refractivity contribution in [2.45, 2.75) is 13.3 Å². The van der Waals surface area contributed by atoms with E-state index in [1.54, 1.807) is 55.5 Å². The maximum absolute atomic E-state index is 12.6. The number of rotatable bonds is 7. The Labute approximate surface area is 175 Å². The molecular weight excluding hydrogens is 438 g/mol. The minimum atomic E-state index is -0.595. The number of halogens is 1. The molecule has 7 heteroatoms. The van der Waals surface area contributed by atoms with Crippen LogP contribution in [0.2, 0.25) is 0 Å². The smallest absolute Gasteiger partial charge is 0.312 e. The van der Waals surface area contributed by atoms with Crippen LogP contribution in [-0.2, 0) is 0 Å². The average Bonchev–Trinajstić information content (AvgIpc) is 2.74. The third-order valence-corrected chi connectivity index (χ3v) is 4.78. The molecular formula is C22H16BrNO5. The molecule has 0 fully saturated rings. The van der Waals surface area contributed by atoms with Gasteiger partial charge in [0.15, 0.2) is 11.6 Å². The van der Waals surface area contributed by atoms with Crippen LogP contribution in [-0.4, -0.2) is 16.5 Å². The van der Waals surface area contributed by atoms with Gasteiger partial charge in [0.05, 0.1) is 4.92 Å². The zero-order valence-electron chi connectivity index (χ0n) is 15.4. The Bertz CT molecular complexity index is 1080. The van der Waals surface area contributed by atoms with Crippen LogP contribution in [0.5, 0.6) is 11.5 Å². The Morgan fingerprint density at radius 1 is 0.931 bits per heavy atom. The van der Waals surface area contributed by atoms with Crippen molar-refractivity contribution < 1.29 is 19.2 Å². The first kappa shape index (κ1) is 20.4. The van der Waals surface area contributed by atoms with Gasteiger partial charge in [-0.1, -0.05) is 22.9 Å². The molecule has 0 aliphatic carbocycles. The highest BCUT2D eigenvalue weighted by atomic mass is 79.9. The van der Waals surface area contributed by atoms with E-state index < -0.39 is 4.92 Å². The summed E-state index contributed by atoms with van der Waals surface area (Å²) in [5.74, 6) is 0.0394. The number of Topliss-reactive ketones (excluding diaryl/α,β-unsaturated/α-hetero) is 1. The molecule has 0 radical (unpaired) electrons. The monoisotopic (exact) mass is 453 g/mol. The number of hydrogen-bond acceptors (Lipinski definition) is 5. The highest BCUT2D eigenvalue weighted by molar-refractivity contribution is 9.10. The zero-order valence-corrected chi connectivity index (χ0v) is 17.0. The quantitative estimate of drug-likeness (QED) is 0.249. The summed E-state index contributed by atoms with van der Waals surface area (Å²) < 4.78 is 6.45. The highest BCUT2D eigenvalue weighted by Gasteiger charge is 2.20. The molecule has 0 spiro atoms. The predicted octanol–water partition coefficient (Wildman–Crippen LogP) is 5.97. The first-order valence-electron chi connectivity index (χ1n) is 8.79. The molecule has 3 rings (SSSR count). The molecule has 0 aliphatic heterocycles.